The lowest BCUT2D eigenvalue weighted by atomic mass is 10.1. The smallest absolute Gasteiger partial charge is 0.257 e. The average molecular weight is 350 g/mol. The number of halogens is 1. The Labute approximate surface area is 150 Å². The number of fused-ring (bicyclic) bond motifs is 1. The van der Waals surface area contributed by atoms with E-state index in [2.05, 4.69) is 4.98 Å². The van der Waals surface area contributed by atoms with Crippen molar-refractivity contribution in [3.05, 3.63) is 81.4 Å². The van der Waals surface area contributed by atoms with Crippen LogP contribution in [0.15, 0.2) is 53.3 Å². The highest BCUT2D eigenvalue weighted by Crippen LogP contribution is 2.30. The van der Waals surface area contributed by atoms with Gasteiger partial charge in [-0.1, -0.05) is 23.8 Å². The summed E-state index contributed by atoms with van der Waals surface area (Å²) in [5.74, 6) is -0.902. The number of carbonyl (C=O) groups is 1. The van der Waals surface area contributed by atoms with Gasteiger partial charge in [0.25, 0.3) is 11.5 Å². The van der Waals surface area contributed by atoms with Crippen molar-refractivity contribution in [2.75, 3.05) is 0 Å². The minimum absolute atomic E-state index is 0.0486. The molecule has 0 saturated heterocycles. The number of nitrogens with one attached hydrogen (secondary N) is 1. The van der Waals surface area contributed by atoms with Gasteiger partial charge in [-0.15, -0.1) is 0 Å². The summed E-state index contributed by atoms with van der Waals surface area (Å²) >= 11 is 0. The normalized spacial score (nSPS) is 13.8. The second kappa shape index (κ2) is 6.41. The maximum atomic E-state index is 14.0. The summed E-state index contributed by atoms with van der Waals surface area (Å²) in [6.07, 6.45) is 1.76. The molecule has 4 nitrogen and oxygen atoms in total. The number of pyridine rings is 1. The van der Waals surface area contributed by atoms with E-state index in [-0.39, 0.29) is 29.6 Å². The maximum absolute atomic E-state index is 14.0. The van der Waals surface area contributed by atoms with E-state index < -0.39 is 5.82 Å². The largest absolute Gasteiger partial charge is 0.331 e. The molecule has 1 fully saturated rings. The van der Waals surface area contributed by atoms with Crippen molar-refractivity contribution in [2.24, 2.45) is 0 Å². The molecule has 26 heavy (non-hydrogen) atoms. The van der Waals surface area contributed by atoms with Crippen LogP contribution in [0.1, 0.15) is 34.3 Å². The Kier molecular flexibility index (Phi) is 4.07. The van der Waals surface area contributed by atoms with Crippen molar-refractivity contribution >= 4 is 16.8 Å². The number of nitrogens with zero attached hydrogens (tertiary/aromatic N) is 1. The van der Waals surface area contributed by atoms with Crippen molar-refractivity contribution in [3.8, 4) is 0 Å². The van der Waals surface area contributed by atoms with Gasteiger partial charge in [0.1, 0.15) is 5.82 Å². The predicted molar refractivity (Wildman–Crippen MR) is 98.6 cm³/mol. The zero-order valence-corrected chi connectivity index (χ0v) is 14.5. The van der Waals surface area contributed by atoms with Crippen LogP contribution in [0, 0.1) is 12.7 Å². The van der Waals surface area contributed by atoms with Crippen LogP contribution in [0.25, 0.3) is 10.9 Å². The van der Waals surface area contributed by atoms with Crippen LogP contribution >= 0.6 is 0 Å². The SMILES string of the molecule is Cc1ccc2[nH]c(=O)c(CN(C(=O)c3ccccc3F)C3CC3)cc2c1. The first kappa shape index (κ1) is 16.5. The number of rotatable bonds is 4. The van der Waals surface area contributed by atoms with E-state index in [4.69, 9.17) is 0 Å². The number of hydrogen-bond acceptors (Lipinski definition) is 2. The van der Waals surface area contributed by atoms with Gasteiger partial charge >= 0.3 is 0 Å². The first-order valence-electron chi connectivity index (χ1n) is 8.71. The fourth-order valence-electron chi connectivity index (χ4n) is 3.21. The average Bonchev–Trinajstić information content (AvgIpc) is 3.45. The number of hydrogen-bond donors (Lipinski definition) is 1. The van der Waals surface area contributed by atoms with Gasteiger partial charge in [-0.2, -0.15) is 0 Å². The molecular formula is C21H19FN2O2. The van der Waals surface area contributed by atoms with Crippen LogP contribution in [-0.2, 0) is 6.54 Å². The van der Waals surface area contributed by atoms with E-state index in [0.717, 1.165) is 29.3 Å². The Morgan fingerprint density at radius 2 is 1.96 bits per heavy atom. The van der Waals surface area contributed by atoms with E-state index in [9.17, 15) is 14.0 Å². The zero-order chi connectivity index (χ0) is 18.3. The van der Waals surface area contributed by atoms with Gasteiger partial charge in [0.15, 0.2) is 0 Å². The maximum Gasteiger partial charge on any atom is 0.257 e. The third-order valence-corrected chi connectivity index (χ3v) is 4.77. The lowest BCUT2D eigenvalue weighted by molar-refractivity contribution is 0.0724. The standard InChI is InChI=1S/C21H19FN2O2/c1-13-6-9-19-14(10-13)11-15(20(25)23-19)12-24(16-7-8-16)21(26)17-4-2-3-5-18(17)22/h2-6,9-11,16H,7-8,12H2,1H3,(H,23,25). The van der Waals surface area contributed by atoms with Gasteiger partial charge in [0.05, 0.1) is 12.1 Å². The van der Waals surface area contributed by atoms with Gasteiger partial charge in [-0.05, 0) is 55.5 Å². The van der Waals surface area contributed by atoms with Crippen LogP contribution in [0.5, 0.6) is 0 Å². The molecule has 5 heteroatoms. The van der Waals surface area contributed by atoms with Crippen LogP contribution < -0.4 is 5.56 Å². The van der Waals surface area contributed by atoms with Gasteiger partial charge in [-0.3, -0.25) is 9.59 Å². The van der Waals surface area contributed by atoms with E-state index >= 15 is 0 Å². The monoisotopic (exact) mass is 350 g/mol. The molecule has 0 unspecified atom stereocenters. The van der Waals surface area contributed by atoms with Crippen LogP contribution in [-0.4, -0.2) is 21.8 Å². The van der Waals surface area contributed by atoms with E-state index in [1.807, 2.05) is 31.2 Å². The quantitative estimate of drug-likeness (QED) is 0.778. The van der Waals surface area contributed by atoms with Gasteiger partial charge in [-0.25, -0.2) is 4.39 Å². The molecule has 1 heterocycles. The molecule has 0 spiro atoms. The number of aromatic nitrogens is 1. The highest BCUT2D eigenvalue weighted by Gasteiger charge is 2.34. The van der Waals surface area contributed by atoms with Crippen molar-refractivity contribution in [2.45, 2.75) is 32.4 Å². The summed E-state index contributed by atoms with van der Waals surface area (Å²) in [6.45, 7) is 2.17. The second-order valence-electron chi connectivity index (χ2n) is 6.86. The fourth-order valence-corrected chi connectivity index (χ4v) is 3.21. The highest BCUT2D eigenvalue weighted by atomic mass is 19.1. The van der Waals surface area contributed by atoms with Crippen LogP contribution in [0.3, 0.4) is 0 Å². The zero-order valence-electron chi connectivity index (χ0n) is 14.5. The third kappa shape index (κ3) is 3.12. The molecule has 1 aliphatic carbocycles. The highest BCUT2D eigenvalue weighted by molar-refractivity contribution is 5.95. The molecule has 3 aromatic rings. The summed E-state index contributed by atoms with van der Waals surface area (Å²) < 4.78 is 14.0. The van der Waals surface area contributed by atoms with E-state index in [1.54, 1.807) is 17.0 Å². The van der Waals surface area contributed by atoms with Gasteiger partial charge in [0.2, 0.25) is 0 Å². The minimum atomic E-state index is -0.536. The summed E-state index contributed by atoms with van der Waals surface area (Å²) in [7, 11) is 0. The Morgan fingerprint density at radius 3 is 2.69 bits per heavy atom. The summed E-state index contributed by atoms with van der Waals surface area (Å²) in [6, 6.07) is 13.7. The second-order valence-corrected chi connectivity index (χ2v) is 6.86. The van der Waals surface area contributed by atoms with Crippen molar-refractivity contribution in [1.29, 1.82) is 0 Å². The molecule has 1 saturated carbocycles. The lowest BCUT2D eigenvalue weighted by Gasteiger charge is -2.22. The lowest BCUT2D eigenvalue weighted by Crippen LogP contribution is -2.35. The first-order chi connectivity index (χ1) is 12.5. The van der Waals surface area contributed by atoms with Crippen molar-refractivity contribution < 1.29 is 9.18 Å². The molecule has 0 atom stereocenters. The summed E-state index contributed by atoms with van der Waals surface area (Å²) in [5, 5.41) is 0.925. The van der Waals surface area contributed by atoms with Crippen LogP contribution in [0.2, 0.25) is 0 Å². The van der Waals surface area contributed by atoms with E-state index in [0.29, 0.717) is 5.56 Å². The molecule has 1 aliphatic rings. The number of benzene rings is 2. The van der Waals surface area contributed by atoms with Gasteiger partial charge in [0, 0.05) is 17.1 Å². The number of aryl methyl sites for hydroxylation is 1. The van der Waals surface area contributed by atoms with Gasteiger partial charge < -0.3 is 9.88 Å². The molecule has 4 rings (SSSR count). The molecular weight excluding hydrogens is 331 g/mol. The number of aromatic amines is 1. The molecule has 0 radical (unpaired) electrons. The summed E-state index contributed by atoms with van der Waals surface area (Å²) in [5.41, 5.74) is 2.21. The van der Waals surface area contributed by atoms with E-state index in [1.165, 1.54) is 12.1 Å². The molecule has 1 N–H and O–H groups in total. The topological polar surface area (TPSA) is 53.2 Å². The molecule has 1 aromatic heterocycles. The first-order valence-corrected chi connectivity index (χ1v) is 8.71. The Balaban J connectivity index is 1.70. The molecule has 2 aromatic carbocycles. The number of H-pyrrole nitrogens is 1. The predicted octanol–water partition coefficient (Wildman–Crippen LogP) is 3.78. The third-order valence-electron chi connectivity index (χ3n) is 4.77. The van der Waals surface area contributed by atoms with Crippen molar-refractivity contribution in [1.82, 2.24) is 9.88 Å². The molecule has 0 aliphatic heterocycles. The summed E-state index contributed by atoms with van der Waals surface area (Å²) in [4.78, 5) is 29.8. The van der Waals surface area contributed by atoms with Crippen LogP contribution in [0.4, 0.5) is 4.39 Å². The Hall–Kier alpha value is -2.95. The Morgan fingerprint density at radius 1 is 1.19 bits per heavy atom. The Bertz CT molecular complexity index is 1050. The fraction of sp³-hybridized carbons (Fsp3) is 0.238. The molecule has 0 bridgehead atoms. The molecule has 1 amide bonds. The molecule has 132 valence electrons. The minimum Gasteiger partial charge on any atom is -0.331 e. The number of amides is 1. The number of carbonyl (C=O) groups excluding carboxylic acids is 1. The van der Waals surface area contributed by atoms with Crippen molar-refractivity contribution in [3.63, 3.8) is 0 Å².